The summed E-state index contributed by atoms with van der Waals surface area (Å²) in [6.07, 6.45) is 4.97. The molecule has 1 aromatic heterocycles. The summed E-state index contributed by atoms with van der Waals surface area (Å²) in [4.78, 5) is 9.49. The molecule has 1 aromatic rings. The van der Waals surface area contributed by atoms with Gasteiger partial charge in [0.2, 0.25) is 0 Å². The molecule has 3 N–H and O–H groups in total. The Bertz CT molecular complexity index is 635. The van der Waals surface area contributed by atoms with Crippen LogP contribution >= 0.6 is 24.0 Å². The van der Waals surface area contributed by atoms with Crippen LogP contribution in [0.5, 0.6) is 0 Å². The molecule has 178 valence electrons. The number of hydrogen-bond donors (Lipinski definition) is 3. The van der Waals surface area contributed by atoms with Crippen molar-refractivity contribution in [1.29, 1.82) is 0 Å². The highest BCUT2D eigenvalue weighted by atomic mass is 127. The van der Waals surface area contributed by atoms with Gasteiger partial charge >= 0.3 is 0 Å². The minimum atomic E-state index is -0.879. The van der Waals surface area contributed by atoms with E-state index in [4.69, 9.17) is 14.1 Å². The van der Waals surface area contributed by atoms with Crippen molar-refractivity contribution in [3.05, 3.63) is 24.2 Å². The number of likely N-dealkylation sites (tertiary alicyclic amines) is 1. The molecule has 0 spiro atoms. The molecule has 3 heterocycles. The number of halogens is 1. The largest absolute Gasteiger partial charge is 0.469 e. The molecule has 3 rings (SSSR count). The summed E-state index contributed by atoms with van der Waals surface area (Å²) in [5, 5.41) is 17.8. The number of ether oxygens (including phenoxy) is 1. The van der Waals surface area contributed by atoms with E-state index < -0.39 is 5.60 Å². The zero-order chi connectivity index (χ0) is 21.2. The number of nitrogens with one attached hydrogen (secondary N) is 2. The van der Waals surface area contributed by atoms with Crippen LogP contribution in [0, 0.1) is 0 Å². The Kier molecular flexibility index (Phi) is 11.6. The monoisotopic (exact) mass is 549 g/mol. The summed E-state index contributed by atoms with van der Waals surface area (Å²) in [7, 11) is 0. The summed E-state index contributed by atoms with van der Waals surface area (Å²) in [6.45, 7) is 12.1. The van der Waals surface area contributed by atoms with Gasteiger partial charge in [-0.05, 0) is 45.0 Å². The highest BCUT2D eigenvalue weighted by molar-refractivity contribution is 14.0. The molecule has 0 saturated carbocycles. The van der Waals surface area contributed by atoms with E-state index in [1.807, 2.05) is 19.1 Å². The summed E-state index contributed by atoms with van der Waals surface area (Å²) in [6, 6.07) is 4.43. The average molecular weight is 549 g/mol. The van der Waals surface area contributed by atoms with E-state index in [0.717, 1.165) is 64.1 Å². The van der Waals surface area contributed by atoms with Gasteiger partial charge < -0.3 is 24.9 Å². The smallest absolute Gasteiger partial charge is 0.191 e. The molecule has 2 aliphatic rings. The first-order valence-corrected chi connectivity index (χ1v) is 11.4. The molecule has 2 unspecified atom stereocenters. The van der Waals surface area contributed by atoms with Crippen LogP contribution in [0.25, 0.3) is 0 Å². The number of β-amino-alcohol motifs (C(OH)–C–C–N with tert-alkyl or cyclic N) is 1. The van der Waals surface area contributed by atoms with Crippen molar-refractivity contribution >= 4 is 29.9 Å². The maximum Gasteiger partial charge on any atom is 0.191 e. The average Bonchev–Trinajstić information content (AvgIpc) is 3.41. The van der Waals surface area contributed by atoms with Crippen LogP contribution in [0.15, 0.2) is 27.8 Å². The molecule has 2 atom stereocenters. The summed E-state index contributed by atoms with van der Waals surface area (Å²) in [5.41, 5.74) is -0.879. The van der Waals surface area contributed by atoms with E-state index in [-0.39, 0.29) is 24.0 Å². The van der Waals surface area contributed by atoms with Gasteiger partial charge in [0.25, 0.3) is 0 Å². The van der Waals surface area contributed by atoms with Gasteiger partial charge in [0.15, 0.2) is 5.96 Å². The van der Waals surface area contributed by atoms with Crippen molar-refractivity contribution in [3.63, 3.8) is 0 Å². The highest BCUT2D eigenvalue weighted by Gasteiger charge is 2.26. The standard InChI is InChI=1S/C22H39N5O3.HI/c1-3-27-10-4-6-19(27)16-24-21(23-9-8-20-7-5-13-30-20)25-17-22(2,28)18-26-11-14-29-15-12-26;/h5,7,13,19,28H,3-4,6,8-12,14-18H2,1-2H3,(H2,23,24,25);1H. The van der Waals surface area contributed by atoms with E-state index in [9.17, 15) is 5.11 Å². The molecule has 2 fully saturated rings. The molecule has 2 saturated heterocycles. The molecule has 31 heavy (non-hydrogen) atoms. The first kappa shape index (κ1) is 26.4. The minimum Gasteiger partial charge on any atom is -0.469 e. The fourth-order valence-electron chi connectivity index (χ4n) is 4.23. The number of hydrogen-bond acceptors (Lipinski definition) is 6. The third kappa shape index (κ3) is 9.25. The highest BCUT2D eigenvalue weighted by Crippen LogP contribution is 2.15. The molecule has 2 aliphatic heterocycles. The predicted molar refractivity (Wildman–Crippen MR) is 134 cm³/mol. The molecule has 0 aliphatic carbocycles. The molecular formula is C22H40IN5O3. The maximum atomic E-state index is 10.9. The maximum absolute atomic E-state index is 10.9. The molecule has 0 amide bonds. The van der Waals surface area contributed by atoms with Crippen LogP contribution in [-0.4, -0.2) is 98.1 Å². The lowest BCUT2D eigenvalue weighted by Crippen LogP contribution is -2.49. The molecule has 9 heteroatoms. The van der Waals surface area contributed by atoms with Crippen molar-refractivity contribution in [2.75, 3.05) is 65.6 Å². The number of rotatable bonds is 10. The van der Waals surface area contributed by atoms with E-state index >= 15 is 0 Å². The van der Waals surface area contributed by atoms with Gasteiger partial charge in [-0.3, -0.25) is 14.8 Å². The number of nitrogens with zero attached hydrogens (tertiary/aromatic N) is 3. The second-order valence-corrected chi connectivity index (χ2v) is 8.61. The summed E-state index contributed by atoms with van der Waals surface area (Å²) in [5.74, 6) is 1.71. The lowest BCUT2D eigenvalue weighted by atomic mass is 10.1. The molecule has 8 nitrogen and oxygen atoms in total. The van der Waals surface area contributed by atoms with Crippen molar-refractivity contribution in [3.8, 4) is 0 Å². The fraction of sp³-hybridized carbons (Fsp3) is 0.773. The van der Waals surface area contributed by atoms with Crippen molar-refractivity contribution in [2.45, 2.75) is 44.8 Å². The Hall–Kier alpha value is -0.880. The Balaban J connectivity index is 0.00000341. The predicted octanol–water partition coefficient (Wildman–Crippen LogP) is 1.54. The Labute approximate surface area is 203 Å². The van der Waals surface area contributed by atoms with Crippen LogP contribution < -0.4 is 10.6 Å². The molecule has 0 bridgehead atoms. The fourth-order valence-corrected chi connectivity index (χ4v) is 4.23. The normalized spacial score (nSPS) is 22.7. The first-order chi connectivity index (χ1) is 14.6. The Morgan fingerprint density at radius 3 is 2.81 bits per heavy atom. The van der Waals surface area contributed by atoms with E-state index in [1.165, 1.54) is 19.4 Å². The molecule has 0 radical (unpaired) electrons. The number of furan rings is 1. The van der Waals surface area contributed by atoms with E-state index in [0.29, 0.717) is 19.1 Å². The molecular weight excluding hydrogens is 509 g/mol. The SMILES string of the molecule is CCN1CCCC1CNC(=NCC(C)(O)CN1CCOCC1)NCCc1ccco1.I. The van der Waals surface area contributed by atoms with E-state index in [1.54, 1.807) is 6.26 Å². The number of aliphatic hydroxyl groups is 1. The number of guanidine groups is 1. The second-order valence-electron chi connectivity index (χ2n) is 8.61. The lowest BCUT2D eigenvalue weighted by molar-refractivity contribution is -0.0180. The Morgan fingerprint density at radius 2 is 2.10 bits per heavy atom. The minimum absolute atomic E-state index is 0. The number of aliphatic imine (C=N–C) groups is 1. The van der Waals surface area contributed by atoms with Crippen LogP contribution in [0.3, 0.4) is 0 Å². The van der Waals surface area contributed by atoms with Gasteiger partial charge in [0.1, 0.15) is 5.76 Å². The third-order valence-electron chi connectivity index (χ3n) is 5.90. The van der Waals surface area contributed by atoms with E-state index in [2.05, 4.69) is 27.4 Å². The van der Waals surface area contributed by atoms with Gasteiger partial charge in [-0.2, -0.15) is 0 Å². The topological polar surface area (TPSA) is 85.5 Å². The van der Waals surface area contributed by atoms with Crippen LogP contribution in [0.2, 0.25) is 0 Å². The zero-order valence-electron chi connectivity index (χ0n) is 19.0. The Morgan fingerprint density at radius 1 is 1.29 bits per heavy atom. The van der Waals surface area contributed by atoms with Gasteiger partial charge in [-0.25, -0.2) is 0 Å². The van der Waals surface area contributed by atoms with Crippen molar-refractivity contribution < 1.29 is 14.3 Å². The van der Waals surface area contributed by atoms with Crippen molar-refractivity contribution in [2.24, 2.45) is 4.99 Å². The van der Waals surface area contributed by atoms with Crippen LogP contribution in [0.1, 0.15) is 32.4 Å². The number of likely N-dealkylation sites (N-methyl/N-ethyl adjacent to an activating group) is 1. The van der Waals surface area contributed by atoms with Crippen LogP contribution in [-0.2, 0) is 11.2 Å². The summed E-state index contributed by atoms with van der Waals surface area (Å²) < 4.78 is 10.8. The number of morpholine rings is 1. The summed E-state index contributed by atoms with van der Waals surface area (Å²) >= 11 is 0. The van der Waals surface area contributed by atoms with Gasteiger partial charge in [-0.1, -0.05) is 6.92 Å². The zero-order valence-corrected chi connectivity index (χ0v) is 21.3. The van der Waals surface area contributed by atoms with Gasteiger partial charge in [-0.15, -0.1) is 24.0 Å². The van der Waals surface area contributed by atoms with Crippen molar-refractivity contribution in [1.82, 2.24) is 20.4 Å². The lowest BCUT2D eigenvalue weighted by Gasteiger charge is -2.33. The first-order valence-electron chi connectivity index (χ1n) is 11.4. The van der Waals surface area contributed by atoms with Gasteiger partial charge in [0.05, 0.1) is 31.6 Å². The second kappa shape index (κ2) is 13.6. The quantitative estimate of drug-likeness (QED) is 0.232. The van der Waals surface area contributed by atoms with Crippen LogP contribution in [0.4, 0.5) is 0 Å². The molecule has 0 aromatic carbocycles. The van der Waals surface area contributed by atoms with Gasteiger partial charge in [0, 0.05) is 45.2 Å². The third-order valence-corrected chi connectivity index (χ3v) is 5.90.